The Morgan fingerprint density at radius 3 is 2.69 bits per heavy atom. The molecular formula is C19H15N3O3S. The standard InChI is InChI=1S/C19H15N3O3S/c1-11-6-2-5-9-14(11)22-18(25)17-16(21-19(22)26-10-15(23)24)12-7-3-4-8-13(12)20-17/h2-9,20H,10H2,1H3,(H,23,24). The van der Waals surface area contributed by atoms with Crippen molar-refractivity contribution in [2.24, 2.45) is 0 Å². The van der Waals surface area contributed by atoms with E-state index in [0.717, 1.165) is 28.2 Å². The zero-order chi connectivity index (χ0) is 18.3. The third-order valence-electron chi connectivity index (χ3n) is 4.18. The summed E-state index contributed by atoms with van der Waals surface area (Å²) in [6.07, 6.45) is 0. The number of H-pyrrole nitrogens is 1. The Balaban J connectivity index is 2.07. The number of carboxylic acids is 1. The number of aryl methyl sites for hydroxylation is 1. The Bertz CT molecular complexity index is 1210. The summed E-state index contributed by atoms with van der Waals surface area (Å²) in [6.45, 7) is 1.91. The lowest BCUT2D eigenvalue weighted by molar-refractivity contribution is -0.133. The van der Waals surface area contributed by atoms with Crippen LogP contribution in [-0.4, -0.2) is 31.4 Å². The molecule has 6 nitrogen and oxygen atoms in total. The van der Waals surface area contributed by atoms with Gasteiger partial charge in [-0.15, -0.1) is 0 Å². The number of rotatable bonds is 4. The molecule has 7 heteroatoms. The fourth-order valence-electron chi connectivity index (χ4n) is 2.99. The van der Waals surface area contributed by atoms with Gasteiger partial charge in [0, 0.05) is 10.9 Å². The molecule has 2 aromatic carbocycles. The zero-order valence-electron chi connectivity index (χ0n) is 13.9. The quantitative estimate of drug-likeness (QED) is 0.428. The van der Waals surface area contributed by atoms with Gasteiger partial charge in [-0.3, -0.25) is 14.2 Å². The molecule has 2 aromatic heterocycles. The second kappa shape index (κ2) is 6.34. The topological polar surface area (TPSA) is 88.0 Å². The van der Waals surface area contributed by atoms with E-state index in [1.54, 1.807) is 0 Å². The van der Waals surface area contributed by atoms with Crippen molar-refractivity contribution in [2.45, 2.75) is 12.1 Å². The highest BCUT2D eigenvalue weighted by Crippen LogP contribution is 2.27. The van der Waals surface area contributed by atoms with Gasteiger partial charge in [0.15, 0.2) is 5.16 Å². The number of hydrogen-bond donors (Lipinski definition) is 2. The molecule has 4 rings (SSSR count). The molecule has 0 aliphatic heterocycles. The predicted molar refractivity (Wildman–Crippen MR) is 102 cm³/mol. The van der Waals surface area contributed by atoms with E-state index in [1.165, 1.54) is 4.57 Å². The van der Waals surface area contributed by atoms with Gasteiger partial charge in [0.05, 0.1) is 11.4 Å². The smallest absolute Gasteiger partial charge is 0.313 e. The third kappa shape index (κ3) is 2.66. The largest absolute Gasteiger partial charge is 0.481 e. The zero-order valence-corrected chi connectivity index (χ0v) is 14.7. The van der Waals surface area contributed by atoms with Crippen molar-refractivity contribution in [1.82, 2.24) is 14.5 Å². The van der Waals surface area contributed by atoms with Crippen molar-refractivity contribution < 1.29 is 9.90 Å². The third-order valence-corrected chi connectivity index (χ3v) is 5.10. The highest BCUT2D eigenvalue weighted by Gasteiger charge is 2.18. The minimum Gasteiger partial charge on any atom is -0.481 e. The molecule has 0 amide bonds. The number of aromatic amines is 1. The number of carbonyl (C=O) groups is 1. The second-order valence-corrected chi connectivity index (χ2v) is 6.84. The average molecular weight is 365 g/mol. The van der Waals surface area contributed by atoms with Crippen LogP contribution in [0.4, 0.5) is 0 Å². The van der Waals surface area contributed by atoms with E-state index in [2.05, 4.69) is 9.97 Å². The molecule has 130 valence electrons. The highest BCUT2D eigenvalue weighted by atomic mass is 32.2. The number of nitrogens with one attached hydrogen (secondary N) is 1. The first-order valence-corrected chi connectivity index (χ1v) is 8.99. The van der Waals surface area contributed by atoms with Gasteiger partial charge in [-0.05, 0) is 24.6 Å². The molecule has 0 radical (unpaired) electrons. The fraction of sp³-hybridized carbons (Fsp3) is 0.105. The summed E-state index contributed by atoms with van der Waals surface area (Å²) in [5.74, 6) is -1.13. The maximum atomic E-state index is 13.2. The van der Waals surface area contributed by atoms with Gasteiger partial charge in [-0.2, -0.15) is 0 Å². The van der Waals surface area contributed by atoms with Crippen LogP contribution in [0.1, 0.15) is 5.56 Å². The Labute approximate surface area is 152 Å². The van der Waals surface area contributed by atoms with Gasteiger partial charge >= 0.3 is 5.97 Å². The van der Waals surface area contributed by atoms with Crippen LogP contribution in [0.3, 0.4) is 0 Å². The van der Waals surface area contributed by atoms with E-state index < -0.39 is 5.97 Å². The predicted octanol–water partition coefficient (Wildman–Crippen LogP) is 3.35. The first-order chi connectivity index (χ1) is 12.6. The molecule has 2 heterocycles. The molecule has 0 fully saturated rings. The van der Waals surface area contributed by atoms with Gasteiger partial charge in [-0.25, -0.2) is 4.98 Å². The number of hydrogen-bond acceptors (Lipinski definition) is 4. The Hall–Kier alpha value is -3.06. The molecule has 0 saturated carbocycles. The summed E-state index contributed by atoms with van der Waals surface area (Å²) in [5, 5.41) is 10.3. The number of benzene rings is 2. The van der Waals surface area contributed by atoms with Crippen molar-refractivity contribution in [3.05, 3.63) is 64.4 Å². The van der Waals surface area contributed by atoms with Crippen molar-refractivity contribution >= 4 is 39.7 Å². The van der Waals surface area contributed by atoms with Crippen LogP contribution in [0.25, 0.3) is 27.6 Å². The van der Waals surface area contributed by atoms with Crippen molar-refractivity contribution in [2.75, 3.05) is 5.75 Å². The van der Waals surface area contributed by atoms with E-state index in [1.807, 2.05) is 55.5 Å². The summed E-state index contributed by atoms with van der Waals surface area (Å²) < 4.78 is 1.49. The summed E-state index contributed by atoms with van der Waals surface area (Å²) in [6, 6.07) is 15.0. The molecule has 4 aromatic rings. The molecular weight excluding hydrogens is 350 g/mol. The number of fused-ring (bicyclic) bond motifs is 3. The van der Waals surface area contributed by atoms with Crippen LogP contribution in [-0.2, 0) is 4.79 Å². The minimum absolute atomic E-state index is 0.174. The molecule has 26 heavy (non-hydrogen) atoms. The molecule has 0 unspecified atom stereocenters. The Morgan fingerprint density at radius 1 is 1.19 bits per heavy atom. The molecule has 2 N–H and O–H groups in total. The van der Waals surface area contributed by atoms with Gasteiger partial charge < -0.3 is 10.1 Å². The molecule has 0 spiro atoms. The SMILES string of the molecule is Cc1ccccc1-n1c(SCC(=O)O)nc2c([nH]c3ccccc32)c1=O. The van der Waals surface area contributed by atoms with Gasteiger partial charge in [0.1, 0.15) is 11.0 Å². The minimum atomic E-state index is -0.959. The summed E-state index contributed by atoms with van der Waals surface area (Å²) in [4.78, 5) is 32.1. The van der Waals surface area contributed by atoms with Crippen molar-refractivity contribution in [1.29, 1.82) is 0 Å². The lowest BCUT2D eigenvalue weighted by atomic mass is 10.2. The van der Waals surface area contributed by atoms with Crippen LogP contribution < -0.4 is 5.56 Å². The van der Waals surface area contributed by atoms with E-state index in [0.29, 0.717) is 21.9 Å². The van der Waals surface area contributed by atoms with Crippen molar-refractivity contribution in [3.63, 3.8) is 0 Å². The summed E-state index contributed by atoms with van der Waals surface area (Å²) in [5.41, 5.74) is 3.15. The average Bonchev–Trinajstić information content (AvgIpc) is 3.00. The monoisotopic (exact) mass is 365 g/mol. The van der Waals surface area contributed by atoms with Gasteiger partial charge in [0.25, 0.3) is 5.56 Å². The lowest BCUT2D eigenvalue weighted by Gasteiger charge is -2.13. The fourth-order valence-corrected chi connectivity index (χ4v) is 3.71. The number of thioether (sulfide) groups is 1. The van der Waals surface area contributed by atoms with Crippen LogP contribution in [0, 0.1) is 6.92 Å². The van der Waals surface area contributed by atoms with E-state index >= 15 is 0 Å². The highest BCUT2D eigenvalue weighted by molar-refractivity contribution is 7.99. The maximum absolute atomic E-state index is 13.2. The molecule has 0 aliphatic rings. The van der Waals surface area contributed by atoms with Crippen LogP contribution in [0.5, 0.6) is 0 Å². The number of para-hydroxylation sites is 2. The second-order valence-electron chi connectivity index (χ2n) is 5.90. The molecule has 0 bridgehead atoms. The Kier molecular flexibility index (Phi) is 4.00. The summed E-state index contributed by atoms with van der Waals surface area (Å²) >= 11 is 1.04. The van der Waals surface area contributed by atoms with Crippen LogP contribution in [0.15, 0.2) is 58.5 Å². The van der Waals surface area contributed by atoms with E-state index in [4.69, 9.17) is 5.11 Å². The van der Waals surface area contributed by atoms with Crippen LogP contribution >= 0.6 is 11.8 Å². The van der Waals surface area contributed by atoms with Gasteiger partial charge in [0.2, 0.25) is 0 Å². The number of aliphatic carboxylic acids is 1. The van der Waals surface area contributed by atoms with E-state index in [-0.39, 0.29) is 11.3 Å². The van der Waals surface area contributed by atoms with Crippen LogP contribution in [0.2, 0.25) is 0 Å². The lowest BCUT2D eigenvalue weighted by Crippen LogP contribution is -2.23. The first kappa shape index (κ1) is 16.4. The Morgan fingerprint density at radius 2 is 1.92 bits per heavy atom. The first-order valence-electron chi connectivity index (χ1n) is 8.00. The maximum Gasteiger partial charge on any atom is 0.313 e. The normalized spacial score (nSPS) is 11.3. The van der Waals surface area contributed by atoms with Crippen molar-refractivity contribution in [3.8, 4) is 5.69 Å². The number of aromatic nitrogens is 3. The molecule has 0 saturated heterocycles. The number of nitrogens with zero attached hydrogens (tertiary/aromatic N) is 2. The molecule has 0 atom stereocenters. The van der Waals surface area contributed by atoms with E-state index in [9.17, 15) is 9.59 Å². The summed E-state index contributed by atoms with van der Waals surface area (Å²) in [7, 11) is 0. The molecule has 0 aliphatic carbocycles. The number of carboxylic acid groups (broad SMARTS) is 1. The van der Waals surface area contributed by atoms with Gasteiger partial charge in [-0.1, -0.05) is 48.2 Å².